The number of hydrogen-bond acceptors (Lipinski definition) is 2. The van der Waals surface area contributed by atoms with Gasteiger partial charge >= 0.3 is 0 Å². The standard InChI is InChI=1S/C16H25NO/c1-3-4-13-5-7-14(8-6-13)16(2,18)15-9-11-17-12-10-15/h5-8,15,17-18H,3-4,9-12H2,1-2H3. The molecule has 0 radical (unpaired) electrons. The molecule has 1 aliphatic rings. The fourth-order valence-corrected chi connectivity index (χ4v) is 2.92. The normalized spacial score (nSPS) is 20.6. The molecule has 2 nitrogen and oxygen atoms in total. The summed E-state index contributed by atoms with van der Waals surface area (Å²) in [5.41, 5.74) is 1.74. The molecule has 1 aromatic carbocycles. The van der Waals surface area contributed by atoms with Gasteiger partial charge in [0.2, 0.25) is 0 Å². The van der Waals surface area contributed by atoms with Gasteiger partial charge in [0.05, 0.1) is 5.60 Å². The Balaban J connectivity index is 2.12. The van der Waals surface area contributed by atoms with Gasteiger partial charge in [0.15, 0.2) is 0 Å². The molecule has 1 saturated heterocycles. The van der Waals surface area contributed by atoms with Gasteiger partial charge in [-0.25, -0.2) is 0 Å². The summed E-state index contributed by atoms with van der Waals surface area (Å²) in [5.74, 6) is 0.371. The highest BCUT2D eigenvalue weighted by Crippen LogP contribution is 2.34. The minimum atomic E-state index is -0.688. The van der Waals surface area contributed by atoms with Crippen LogP contribution in [0.3, 0.4) is 0 Å². The van der Waals surface area contributed by atoms with E-state index in [0.29, 0.717) is 5.92 Å². The molecule has 0 bridgehead atoms. The molecule has 100 valence electrons. The lowest BCUT2D eigenvalue weighted by Gasteiger charge is -2.36. The zero-order chi connectivity index (χ0) is 13.0. The second kappa shape index (κ2) is 5.85. The number of aliphatic hydroxyl groups is 1. The van der Waals surface area contributed by atoms with Crippen LogP contribution in [-0.4, -0.2) is 18.2 Å². The van der Waals surface area contributed by atoms with Crippen LogP contribution in [0, 0.1) is 5.92 Å². The van der Waals surface area contributed by atoms with Crippen LogP contribution in [0.1, 0.15) is 44.2 Å². The maximum atomic E-state index is 10.8. The van der Waals surface area contributed by atoms with Gasteiger partial charge in [-0.3, -0.25) is 0 Å². The van der Waals surface area contributed by atoms with E-state index in [1.807, 2.05) is 6.92 Å². The zero-order valence-corrected chi connectivity index (χ0v) is 11.6. The molecule has 0 amide bonds. The Morgan fingerprint density at radius 2 is 1.83 bits per heavy atom. The molecule has 2 rings (SSSR count). The Morgan fingerprint density at radius 1 is 1.22 bits per heavy atom. The number of benzene rings is 1. The highest BCUT2D eigenvalue weighted by molar-refractivity contribution is 5.27. The Labute approximate surface area is 110 Å². The van der Waals surface area contributed by atoms with Crippen LogP contribution in [0.25, 0.3) is 0 Å². The lowest BCUT2D eigenvalue weighted by atomic mass is 9.77. The minimum Gasteiger partial charge on any atom is -0.385 e. The monoisotopic (exact) mass is 247 g/mol. The largest absolute Gasteiger partial charge is 0.385 e. The molecule has 1 heterocycles. The van der Waals surface area contributed by atoms with Crippen molar-refractivity contribution in [2.24, 2.45) is 5.92 Å². The molecule has 0 aromatic heterocycles. The zero-order valence-electron chi connectivity index (χ0n) is 11.6. The summed E-state index contributed by atoms with van der Waals surface area (Å²) >= 11 is 0. The van der Waals surface area contributed by atoms with Gasteiger partial charge in [0.25, 0.3) is 0 Å². The van der Waals surface area contributed by atoms with E-state index in [0.717, 1.165) is 37.9 Å². The van der Waals surface area contributed by atoms with Crippen LogP contribution < -0.4 is 5.32 Å². The van der Waals surface area contributed by atoms with E-state index in [2.05, 4.69) is 36.5 Å². The van der Waals surface area contributed by atoms with Gasteiger partial charge in [0.1, 0.15) is 0 Å². The third kappa shape index (κ3) is 2.93. The molecular formula is C16H25NO. The van der Waals surface area contributed by atoms with Gasteiger partial charge in [-0.1, -0.05) is 37.6 Å². The van der Waals surface area contributed by atoms with Crippen LogP contribution in [0.2, 0.25) is 0 Å². The molecular weight excluding hydrogens is 222 g/mol. The lowest BCUT2D eigenvalue weighted by Crippen LogP contribution is -2.39. The average molecular weight is 247 g/mol. The first-order valence-electron chi connectivity index (χ1n) is 7.17. The molecule has 1 unspecified atom stereocenters. The van der Waals surface area contributed by atoms with Gasteiger partial charge in [-0.05, 0) is 56.3 Å². The maximum absolute atomic E-state index is 10.8. The van der Waals surface area contributed by atoms with Crippen molar-refractivity contribution in [2.75, 3.05) is 13.1 Å². The van der Waals surface area contributed by atoms with Gasteiger partial charge in [-0.2, -0.15) is 0 Å². The highest BCUT2D eigenvalue weighted by Gasteiger charge is 2.34. The lowest BCUT2D eigenvalue weighted by molar-refractivity contribution is -0.0186. The molecule has 18 heavy (non-hydrogen) atoms. The van der Waals surface area contributed by atoms with Crippen molar-refractivity contribution < 1.29 is 5.11 Å². The third-order valence-corrected chi connectivity index (χ3v) is 4.21. The predicted molar refractivity (Wildman–Crippen MR) is 75.6 cm³/mol. The molecule has 0 spiro atoms. The number of rotatable bonds is 4. The fourth-order valence-electron chi connectivity index (χ4n) is 2.92. The fraction of sp³-hybridized carbons (Fsp3) is 0.625. The van der Waals surface area contributed by atoms with E-state index >= 15 is 0 Å². The van der Waals surface area contributed by atoms with Crippen molar-refractivity contribution in [1.82, 2.24) is 5.32 Å². The predicted octanol–water partition coefficient (Wildman–Crippen LogP) is 2.85. The van der Waals surface area contributed by atoms with Crippen molar-refractivity contribution in [3.05, 3.63) is 35.4 Å². The van der Waals surface area contributed by atoms with E-state index in [4.69, 9.17) is 0 Å². The number of piperidine rings is 1. The Morgan fingerprint density at radius 3 is 2.39 bits per heavy atom. The second-order valence-electron chi connectivity index (χ2n) is 5.62. The quantitative estimate of drug-likeness (QED) is 0.857. The maximum Gasteiger partial charge on any atom is 0.0897 e. The Hall–Kier alpha value is -0.860. The molecule has 1 aromatic rings. The first-order valence-corrected chi connectivity index (χ1v) is 7.17. The van der Waals surface area contributed by atoms with Crippen molar-refractivity contribution in [3.8, 4) is 0 Å². The molecule has 0 aliphatic carbocycles. The molecule has 0 saturated carbocycles. The highest BCUT2D eigenvalue weighted by atomic mass is 16.3. The summed E-state index contributed by atoms with van der Waals surface area (Å²) in [6, 6.07) is 8.53. The summed E-state index contributed by atoms with van der Waals surface area (Å²) in [7, 11) is 0. The third-order valence-electron chi connectivity index (χ3n) is 4.21. The summed E-state index contributed by atoms with van der Waals surface area (Å²) in [5, 5.41) is 14.2. The summed E-state index contributed by atoms with van der Waals surface area (Å²) in [6.45, 7) is 6.21. The number of hydrogen-bond donors (Lipinski definition) is 2. The first kappa shape index (κ1) is 13.6. The number of aryl methyl sites for hydroxylation is 1. The van der Waals surface area contributed by atoms with E-state index in [1.54, 1.807) is 0 Å². The molecule has 1 fully saturated rings. The summed E-state index contributed by atoms with van der Waals surface area (Å²) in [4.78, 5) is 0. The molecule has 2 heteroatoms. The molecule has 1 atom stereocenters. The van der Waals surface area contributed by atoms with Crippen molar-refractivity contribution >= 4 is 0 Å². The van der Waals surface area contributed by atoms with E-state index in [9.17, 15) is 5.11 Å². The first-order chi connectivity index (χ1) is 8.64. The SMILES string of the molecule is CCCc1ccc(C(C)(O)C2CCNCC2)cc1. The van der Waals surface area contributed by atoms with Crippen LogP contribution in [0.5, 0.6) is 0 Å². The van der Waals surface area contributed by atoms with Crippen LogP contribution >= 0.6 is 0 Å². The van der Waals surface area contributed by atoms with Gasteiger partial charge < -0.3 is 10.4 Å². The minimum absolute atomic E-state index is 0.371. The second-order valence-corrected chi connectivity index (χ2v) is 5.62. The van der Waals surface area contributed by atoms with E-state index in [-0.39, 0.29) is 0 Å². The van der Waals surface area contributed by atoms with Gasteiger partial charge in [-0.15, -0.1) is 0 Å². The molecule has 2 N–H and O–H groups in total. The number of nitrogens with one attached hydrogen (secondary N) is 1. The average Bonchev–Trinajstić information content (AvgIpc) is 2.41. The van der Waals surface area contributed by atoms with Crippen LogP contribution in [0.4, 0.5) is 0 Å². The van der Waals surface area contributed by atoms with Crippen LogP contribution in [-0.2, 0) is 12.0 Å². The van der Waals surface area contributed by atoms with E-state index in [1.165, 1.54) is 12.0 Å². The van der Waals surface area contributed by atoms with Crippen LogP contribution in [0.15, 0.2) is 24.3 Å². The summed E-state index contributed by atoms with van der Waals surface area (Å²) in [6.07, 6.45) is 4.41. The smallest absolute Gasteiger partial charge is 0.0897 e. The Kier molecular flexibility index (Phi) is 4.41. The van der Waals surface area contributed by atoms with Gasteiger partial charge in [0, 0.05) is 0 Å². The summed E-state index contributed by atoms with van der Waals surface area (Å²) < 4.78 is 0. The van der Waals surface area contributed by atoms with Crippen molar-refractivity contribution in [3.63, 3.8) is 0 Å². The topological polar surface area (TPSA) is 32.3 Å². The Bertz CT molecular complexity index is 363. The molecule has 1 aliphatic heterocycles. The van der Waals surface area contributed by atoms with Crippen molar-refractivity contribution in [1.29, 1.82) is 0 Å². The van der Waals surface area contributed by atoms with Crippen molar-refractivity contribution in [2.45, 2.75) is 45.1 Å². The van der Waals surface area contributed by atoms with E-state index < -0.39 is 5.60 Å².